The first-order chi connectivity index (χ1) is 7.58. The predicted molar refractivity (Wildman–Crippen MR) is 72.9 cm³/mol. The molecule has 16 heavy (non-hydrogen) atoms. The number of nitrogens with zero attached hydrogens (tertiary/aromatic N) is 1. The van der Waals surface area contributed by atoms with Crippen molar-refractivity contribution in [2.75, 3.05) is 0 Å². The molecule has 1 aromatic rings. The highest BCUT2D eigenvalue weighted by Crippen LogP contribution is 2.21. The van der Waals surface area contributed by atoms with Gasteiger partial charge in [0.25, 0.3) is 0 Å². The SMILES string of the molecule is C=NC(=C)c1ccc(CC(C)CC)cc1C. The highest BCUT2D eigenvalue weighted by atomic mass is 14.7. The Hall–Kier alpha value is -1.37. The fourth-order valence-electron chi connectivity index (χ4n) is 1.81. The van der Waals surface area contributed by atoms with Gasteiger partial charge >= 0.3 is 0 Å². The minimum absolute atomic E-state index is 0.742. The van der Waals surface area contributed by atoms with E-state index in [0.29, 0.717) is 0 Å². The largest absolute Gasteiger partial charge is 0.265 e. The number of benzene rings is 1. The molecule has 0 heterocycles. The van der Waals surface area contributed by atoms with Crippen molar-refractivity contribution in [3.05, 3.63) is 41.5 Å². The van der Waals surface area contributed by atoms with Crippen molar-refractivity contribution in [2.45, 2.75) is 33.6 Å². The molecule has 0 bridgehead atoms. The Morgan fingerprint density at radius 1 is 1.44 bits per heavy atom. The lowest BCUT2D eigenvalue weighted by molar-refractivity contribution is 0.560. The first-order valence-electron chi connectivity index (χ1n) is 5.84. The average Bonchev–Trinajstić information content (AvgIpc) is 2.28. The summed E-state index contributed by atoms with van der Waals surface area (Å²) in [6.07, 6.45) is 2.37. The molecule has 0 N–H and O–H groups in total. The number of aryl methyl sites for hydroxylation is 1. The maximum atomic E-state index is 3.88. The van der Waals surface area contributed by atoms with Gasteiger partial charge in [0.15, 0.2) is 0 Å². The maximum Gasteiger partial charge on any atom is 0.0625 e. The monoisotopic (exact) mass is 215 g/mol. The Morgan fingerprint density at radius 3 is 2.62 bits per heavy atom. The first kappa shape index (κ1) is 12.7. The molecule has 1 rings (SSSR count). The Labute approximate surface area is 98.9 Å². The first-order valence-corrected chi connectivity index (χ1v) is 5.84. The molecule has 0 spiro atoms. The fraction of sp³-hybridized carbons (Fsp3) is 0.400. The maximum absolute atomic E-state index is 3.88. The van der Waals surface area contributed by atoms with Crippen molar-refractivity contribution < 1.29 is 0 Å². The molecule has 0 aliphatic carbocycles. The Bertz CT molecular complexity index is 390. The van der Waals surface area contributed by atoms with E-state index < -0.39 is 0 Å². The molecule has 0 fully saturated rings. The highest BCUT2D eigenvalue weighted by Gasteiger charge is 2.05. The summed E-state index contributed by atoms with van der Waals surface area (Å²) in [5, 5.41) is 0. The quantitative estimate of drug-likeness (QED) is 0.651. The van der Waals surface area contributed by atoms with Gasteiger partial charge in [0, 0.05) is 5.56 Å². The van der Waals surface area contributed by atoms with Gasteiger partial charge in [-0.1, -0.05) is 45.0 Å². The van der Waals surface area contributed by atoms with E-state index in [2.05, 4.69) is 57.3 Å². The molecular formula is C15H21N. The van der Waals surface area contributed by atoms with Crippen LogP contribution < -0.4 is 0 Å². The van der Waals surface area contributed by atoms with Crippen molar-refractivity contribution in [2.24, 2.45) is 10.9 Å². The molecule has 0 amide bonds. The lowest BCUT2D eigenvalue weighted by Crippen LogP contribution is -1.98. The van der Waals surface area contributed by atoms with E-state index in [9.17, 15) is 0 Å². The number of hydrogen-bond acceptors (Lipinski definition) is 1. The van der Waals surface area contributed by atoms with Crippen molar-refractivity contribution in [1.29, 1.82) is 0 Å². The van der Waals surface area contributed by atoms with Crippen LogP contribution in [0.3, 0.4) is 0 Å². The van der Waals surface area contributed by atoms with Crippen molar-refractivity contribution >= 4 is 12.4 Å². The standard InChI is InChI=1S/C15H21N/c1-6-11(2)9-14-7-8-15(12(3)10-14)13(4)16-5/h7-8,10-11H,4-6,9H2,1-3H3. The zero-order valence-corrected chi connectivity index (χ0v) is 10.6. The lowest BCUT2D eigenvalue weighted by Gasteiger charge is -2.11. The summed E-state index contributed by atoms with van der Waals surface area (Å²) in [5.74, 6) is 0.742. The summed E-state index contributed by atoms with van der Waals surface area (Å²) in [5.41, 5.74) is 4.49. The van der Waals surface area contributed by atoms with E-state index in [1.807, 2.05) is 0 Å². The summed E-state index contributed by atoms with van der Waals surface area (Å²) in [7, 11) is 0. The van der Waals surface area contributed by atoms with Gasteiger partial charge in [0.2, 0.25) is 0 Å². The van der Waals surface area contributed by atoms with E-state index in [-0.39, 0.29) is 0 Å². The van der Waals surface area contributed by atoms with Gasteiger partial charge in [0.1, 0.15) is 0 Å². The summed E-state index contributed by atoms with van der Waals surface area (Å²) >= 11 is 0. The smallest absolute Gasteiger partial charge is 0.0625 e. The van der Waals surface area contributed by atoms with E-state index in [4.69, 9.17) is 0 Å². The third kappa shape index (κ3) is 3.06. The summed E-state index contributed by atoms with van der Waals surface area (Å²) in [4.78, 5) is 3.88. The van der Waals surface area contributed by atoms with E-state index in [0.717, 1.165) is 23.6 Å². The number of rotatable bonds is 5. The predicted octanol–water partition coefficient (Wildman–Crippen LogP) is 4.25. The minimum atomic E-state index is 0.742. The molecule has 86 valence electrons. The van der Waals surface area contributed by atoms with E-state index in [1.54, 1.807) is 0 Å². The van der Waals surface area contributed by atoms with Gasteiger partial charge < -0.3 is 0 Å². The third-order valence-electron chi connectivity index (χ3n) is 3.07. The van der Waals surface area contributed by atoms with Crippen molar-refractivity contribution in [1.82, 2.24) is 0 Å². The van der Waals surface area contributed by atoms with Gasteiger partial charge in [-0.3, -0.25) is 4.99 Å². The van der Waals surface area contributed by atoms with E-state index in [1.165, 1.54) is 17.5 Å². The normalized spacial score (nSPS) is 12.2. The Kier molecular flexibility index (Phi) is 4.48. The fourth-order valence-corrected chi connectivity index (χ4v) is 1.81. The molecule has 1 nitrogen and oxygen atoms in total. The average molecular weight is 215 g/mol. The third-order valence-corrected chi connectivity index (χ3v) is 3.07. The highest BCUT2D eigenvalue weighted by molar-refractivity contribution is 5.68. The molecule has 1 unspecified atom stereocenters. The van der Waals surface area contributed by atoms with Gasteiger partial charge in [0.05, 0.1) is 5.70 Å². The van der Waals surface area contributed by atoms with Gasteiger partial charge in [-0.15, -0.1) is 0 Å². The minimum Gasteiger partial charge on any atom is -0.265 e. The van der Waals surface area contributed by atoms with Crippen LogP contribution in [0, 0.1) is 12.8 Å². The van der Waals surface area contributed by atoms with Crippen LogP contribution in [0.2, 0.25) is 0 Å². The number of hydrogen-bond donors (Lipinski definition) is 0. The summed E-state index contributed by atoms with van der Waals surface area (Å²) in [6.45, 7) is 14.0. The molecule has 0 aromatic heterocycles. The zero-order chi connectivity index (χ0) is 12.1. The number of aliphatic imine (C=N–C) groups is 1. The van der Waals surface area contributed by atoms with E-state index >= 15 is 0 Å². The van der Waals surface area contributed by atoms with Crippen LogP contribution in [0.15, 0.2) is 29.8 Å². The lowest BCUT2D eigenvalue weighted by atomic mass is 9.95. The van der Waals surface area contributed by atoms with Gasteiger partial charge in [-0.25, -0.2) is 0 Å². The molecule has 1 aromatic carbocycles. The Morgan fingerprint density at radius 2 is 2.12 bits per heavy atom. The second kappa shape index (κ2) is 5.64. The molecule has 0 aliphatic heterocycles. The van der Waals surface area contributed by atoms with Crippen LogP contribution in [0.5, 0.6) is 0 Å². The van der Waals surface area contributed by atoms with Crippen LogP contribution in [0.1, 0.15) is 37.0 Å². The molecule has 0 aliphatic rings. The van der Waals surface area contributed by atoms with Crippen LogP contribution in [-0.2, 0) is 6.42 Å². The second-order valence-electron chi connectivity index (χ2n) is 4.47. The summed E-state index contributed by atoms with van der Waals surface area (Å²) < 4.78 is 0. The Balaban J connectivity index is 2.90. The second-order valence-corrected chi connectivity index (χ2v) is 4.47. The molecule has 1 atom stereocenters. The summed E-state index contributed by atoms with van der Waals surface area (Å²) in [6, 6.07) is 6.51. The van der Waals surface area contributed by atoms with Gasteiger partial charge in [-0.05, 0) is 37.1 Å². The van der Waals surface area contributed by atoms with Crippen LogP contribution in [-0.4, -0.2) is 6.72 Å². The zero-order valence-electron chi connectivity index (χ0n) is 10.6. The topological polar surface area (TPSA) is 12.4 Å². The van der Waals surface area contributed by atoms with Crippen LogP contribution in [0.4, 0.5) is 0 Å². The van der Waals surface area contributed by atoms with Crippen molar-refractivity contribution in [3.8, 4) is 0 Å². The molecule has 0 saturated heterocycles. The van der Waals surface area contributed by atoms with Gasteiger partial charge in [-0.2, -0.15) is 0 Å². The molecule has 0 saturated carbocycles. The molecular weight excluding hydrogens is 194 g/mol. The molecule has 1 heteroatoms. The van der Waals surface area contributed by atoms with Crippen LogP contribution in [0.25, 0.3) is 5.70 Å². The molecule has 0 radical (unpaired) electrons. The van der Waals surface area contributed by atoms with Crippen LogP contribution >= 0.6 is 0 Å². The van der Waals surface area contributed by atoms with Crippen molar-refractivity contribution in [3.63, 3.8) is 0 Å².